The smallest absolute Gasteiger partial charge is 0.323 e. The summed E-state index contributed by atoms with van der Waals surface area (Å²) in [6.07, 6.45) is 1.38. The number of aliphatic carboxylic acids is 1. The molecule has 0 aliphatic rings. The number of hydrogen-bond acceptors (Lipinski definition) is 6. The number of carbonyl (C=O) groups is 2. The maximum absolute atomic E-state index is 12.7. The molecule has 0 radical (unpaired) electrons. The number of carbonyl (C=O) groups excluding carboxylic acids is 1. The van der Waals surface area contributed by atoms with Crippen LogP contribution in [0.3, 0.4) is 0 Å². The topological polar surface area (TPSA) is 110 Å². The maximum Gasteiger partial charge on any atom is 0.323 e. The van der Waals surface area contributed by atoms with Crippen LogP contribution >= 0.6 is 0 Å². The van der Waals surface area contributed by atoms with Crippen molar-refractivity contribution in [3.63, 3.8) is 0 Å². The molecule has 1 aromatic carbocycles. The second kappa shape index (κ2) is 7.53. The molecule has 128 valence electrons. The van der Waals surface area contributed by atoms with Crippen LogP contribution in [0.15, 0.2) is 24.5 Å². The Morgan fingerprint density at radius 3 is 2.67 bits per heavy atom. The molecule has 0 aliphatic heterocycles. The van der Waals surface area contributed by atoms with E-state index in [4.69, 9.17) is 9.84 Å². The summed E-state index contributed by atoms with van der Waals surface area (Å²) in [7, 11) is 1.50. The first kappa shape index (κ1) is 17.4. The molecule has 0 fully saturated rings. The number of benzene rings is 1. The average Bonchev–Trinajstić information content (AvgIpc) is 3.06. The minimum Gasteiger partial charge on any atom is -0.494 e. The largest absolute Gasteiger partial charge is 0.494 e. The van der Waals surface area contributed by atoms with E-state index >= 15 is 0 Å². The number of rotatable bonds is 7. The van der Waals surface area contributed by atoms with Crippen LogP contribution in [0.2, 0.25) is 0 Å². The second-order valence-electron chi connectivity index (χ2n) is 5.61. The predicted molar refractivity (Wildman–Crippen MR) is 84.1 cm³/mol. The SMILES string of the molecule is COc1ccc(C(=O)N(CC(=O)O)CC(C)C)cc1-n1cnnn1. The molecular weight excluding hydrogens is 314 g/mol. The molecule has 2 rings (SSSR count). The lowest BCUT2D eigenvalue weighted by atomic mass is 10.1. The van der Waals surface area contributed by atoms with Gasteiger partial charge in [0, 0.05) is 12.1 Å². The first-order valence-electron chi connectivity index (χ1n) is 7.34. The highest BCUT2D eigenvalue weighted by molar-refractivity contribution is 5.96. The number of hydrogen-bond donors (Lipinski definition) is 1. The number of nitrogens with zero attached hydrogens (tertiary/aromatic N) is 5. The minimum atomic E-state index is -1.06. The van der Waals surface area contributed by atoms with Gasteiger partial charge in [-0.3, -0.25) is 9.59 Å². The zero-order valence-corrected chi connectivity index (χ0v) is 13.7. The standard InChI is InChI=1S/C15H19N5O4/c1-10(2)7-19(8-14(21)22)15(23)11-4-5-13(24-3)12(6-11)20-9-16-17-18-20/h4-6,9-10H,7-8H2,1-3H3,(H,21,22). The normalized spacial score (nSPS) is 10.7. The second-order valence-corrected chi connectivity index (χ2v) is 5.61. The van der Waals surface area contributed by atoms with Crippen LogP contribution in [0.4, 0.5) is 0 Å². The lowest BCUT2D eigenvalue weighted by Gasteiger charge is -2.23. The molecule has 0 saturated heterocycles. The van der Waals surface area contributed by atoms with Gasteiger partial charge in [0.1, 0.15) is 24.3 Å². The lowest BCUT2D eigenvalue weighted by molar-refractivity contribution is -0.137. The summed E-state index contributed by atoms with van der Waals surface area (Å²) < 4.78 is 6.63. The fraction of sp³-hybridized carbons (Fsp3) is 0.400. The van der Waals surface area contributed by atoms with Gasteiger partial charge in [0.25, 0.3) is 5.91 Å². The molecule has 2 aromatic rings. The monoisotopic (exact) mass is 333 g/mol. The van der Waals surface area contributed by atoms with E-state index in [0.29, 0.717) is 23.5 Å². The predicted octanol–water partition coefficient (Wildman–Crippen LogP) is 0.854. The van der Waals surface area contributed by atoms with Gasteiger partial charge in [-0.1, -0.05) is 13.8 Å². The van der Waals surface area contributed by atoms with E-state index in [1.807, 2.05) is 13.8 Å². The van der Waals surface area contributed by atoms with Gasteiger partial charge >= 0.3 is 5.97 Å². The van der Waals surface area contributed by atoms with Crippen LogP contribution in [0.5, 0.6) is 5.75 Å². The summed E-state index contributed by atoms with van der Waals surface area (Å²) in [5.41, 5.74) is 0.830. The Balaban J connectivity index is 2.37. The number of methoxy groups -OCH3 is 1. The minimum absolute atomic E-state index is 0.144. The van der Waals surface area contributed by atoms with Crippen LogP contribution in [0, 0.1) is 5.92 Å². The summed E-state index contributed by atoms with van der Waals surface area (Å²) in [6.45, 7) is 3.83. The molecule has 0 atom stereocenters. The van der Waals surface area contributed by atoms with Gasteiger partial charge in [-0.2, -0.15) is 4.68 Å². The molecule has 1 N–H and O–H groups in total. The zero-order chi connectivity index (χ0) is 17.7. The molecule has 1 amide bonds. The van der Waals surface area contributed by atoms with Gasteiger partial charge in [-0.15, -0.1) is 5.10 Å². The molecule has 24 heavy (non-hydrogen) atoms. The fourth-order valence-electron chi connectivity index (χ4n) is 2.28. The van der Waals surface area contributed by atoms with Crippen LogP contribution in [0.1, 0.15) is 24.2 Å². The van der Waals surface area contributed by atoms with E-state index in [-0.39, 0.29) is 18.4 Å². The van der Waals surface area contributed by atoms with Crippen molar-refractivity contribution >= 4 is 11.9 Å². The van der Waals surface area contributed by atoms with Crippen molar-refractivity contribution in [1.29, 1.82) is 0 Å². The number of carboxylic acids is 1. The molecule has 0 saturated carbocycles. The van der Waals surface area contributed by atoms with Crippen LogP contribution in [-0.4, -0.2) is 62.3 Å². The van der Waals surface area contributed by atoms with Crippen molar-refractivity contribution < 1.29 is 19.4 Å². The number of tetrazole rings is 1. The third kappa shape index (κ3) is 4.06. The van der Waals surface area contributed by atoms with Crippen molar-refractivity contribution in [2.45, 2.75) is 13.8 Å². The van der Waals surface area contributed by atoms with E-state index in [1.54, 1.807) is 18.2 Å². The molecule has 9 heteroatoms. The summed E-state index contributed by atoms with van der Waals surface area (Å²) >= 11 is 0. The number of aromatic nitrogens is 4. The third-order valence-corrected chi connectivity index (χ3v) is 3.22. The van der Waals surface area contributed by atoms with Crippen LogP contribution in [0.25, 0.3) is 5.69 Å². The number of amides is 1. The number of ether oxygens (including phenoxy) is 1. The highest BCUT2D eigenvalue weighted by Crippen LogP contribution is 2.24. The van der Waals surface area contributed by atoms with Gasteiger partial charge in [0.05, 0.1) is 7.11 Å². The van der Waals surface area contributed by atoms with E-state index in [0.717, 1.165) is 0 Å². The Kier molecular flexibility index (Phi) is 5.46. The van der Waals surface area contributed by atoms with E-state index in [1.165, 1.54) is 23.0 Å². The number of carboxylic acid groups (broad SMARTS) is 1. The van der Waals surface area contributed by atoms with Gasteiger partial charge in [-0.25, -0.2) is 0 Å². The van der Waals surface area contributed by atoms with Crippen molar-refractivity contribution in [3.8, 4) is 11.4 Å². The molecule has 0 aliphatic carbocycles. The highest BCUT2D eigenvalue weighted by atomic mass is 16.5. The van der Waals surface area contributed by atoms with E-state index in [2.05, 4.69) is 15.5 Å². The molecule has 0 bridgehead atoms. The Morgan fingerprint density at radius 2 is 2.12 bits per heavy atom. The summed E-state index contributed by atoms with van der Waals surface area (Å²) in [6, 6.07) is 4.79. The van der Waals surface area contributed by atoms with Crippen molar-refractivity contribution in [2.75, 3.05) is 20.2 Å². The average molecular weight is 333 g/mol. The zero-order valence-electron chi connectivity index (χ0n) is 13.7. The third-order valence-electron chi connectivity index (χ3n) is 3.22. The van der Waals surface area contributed by atoms with Gasteiger partial charge < -0.3 is 14.7 Å². The Bertz CT molecular complexity index is 715. The Hall–Kier alpha value is -2.97. The summed E-state index contributed by atoms with van der Waals surface area (Å²) in [5, 5.41) is 20.0. The van der Waals surface area contributed by atoms with Gasteiger partial charge in [0.15, 0.2) is 0 Å². The quantitative estimate of drug-likeness (QED) is 0.799. The molecule has 0 unspecified atom stereocenters. The van der Waals surface area contributed by atoms with Crippen molar-refractivity contribution in [1.82, 2.24) is 25.1 Å². The van der Waals surface area contributed by atoms with Crippen LogP contribution < -0.4 is 4.74 Å². The fourth-order valence-corrected chi connectivity index (χ4v) is 2.28. The first-order valence-corrected chi connectivity index (χ1v) is 7.34. The Labute approximate surface area is 138 Å². The first-order chi connectivity index (χ1) is 11.4. The summed E-state index contributed by atoms with van der Waals surface area (Å²) in [4.78, 5) is 25.0. The summed E-state index contributed by atoms with van der Waals surface area (Å²) in [5.74, 6) is -0.792. The van der Waals surface area contributed by atoms with E-state index < -0.39 is 5.97 Å². The van der Waals surface area contributed by atoms with Gasteiger partial charge in [0.2, 0.25) is 0 Å². The van der Waals surface area contributed by atoms with Crippen LogP contribution in [-0.2, 0) is 4.79 Å². The molecular formula is C15H19N5O4. The highest BCUT2D eigenvalue weighted by Gasteiger charge is 2.21. The van der Waals surface area contributed by atoms with Crippen molar-refractivity contribution in [3.05, 3.63) is 30.1 Å². The van der Waals surface area contributed by atoms with E-state index in [9.17, 15) is 9.59 Å². The lowest BCUT2D eigenvalue weighted by Crippen LogP contribution is -2.38. The molecule has 1 aromatic heterocycles. The molecule has 0 spiro atoms. The molecule has 9 nitrogen and oxygen atoms in total. The molecule has 1 heterocycles. The Morgan fingerprint density at radius 1 is 1.38 bits per heavy atom. The van der Waals surface area contributed by atoms with Crippen molar-refractivity contribution in [2.24, 2.45) is 5.92 Å². The maximum atomic E-state index is 12.7. The van der Waals surface area contributed by atoms with Gasteiger partial charge in [-0.05, 0) is 34.5 Å².